The number of aryl methyl sites for hydroxylation is 1. The first-order valence-corrected chi connectivity index (χ1v) is 8.20. The summed E-state index contributed by atoms with van der Waals surface area (Å²) in [4.78, 5) is 14.8. The van der Waals surface area contributed by atoms with E-state index in [1.807, 2.05) is 0 Å². The standard InChI is InChI=1S/C14H13ClN2O4S/c1-2-9-3-4-10(14(18)19)7-12(9)22(20,21)17-11-5-6-13(15)16-8-11/h3-8,17H,2H2,1H3,(H,18,19). The van der Waals surface area contributed by atoms with Crippen LogP contribution in [0.4, 0.5) is 5.69 Å². The van der Waals surface area contributed by atoms with Gasteiger partial charge in [-0.3, -0.25) is 4.72 Å². The van der Waals surface area contributed by atoms with Gasteiger partial charge in [-0.1, -0.05) is 24.6 Å². The maximum Gasteiger partial charge on any atom is 0.335 e. The second kappa shape index (κ2) is 6.33. The van der Waals surface area contributed by atoms with E-state index in [0.717, 1.165) is 6.07 Å². The summed E-state index contributed by atoms with van der Waals surface area (Å²) in [7, 11) is -3.92. The molecule has 1 heterocycles. The van der Waals surface area contributed by atoms with Crippen molar-refractivity contribution in [2.24, 2.45) is 0 Å². The van der Waals surface area contributed by atoms with Crippen molar-refractivity contribution in [3.05, 3.63) is 52.8 Å². The maximum atomic E-state index is 12.5. The van der Waals surface area contributed by atoms with Gasteiger partial charge < -0.3 is 5.11 Å². The van der Waals surface area contributed by atoms with E-state index >= 15 is 0 Å². The number of halogens is 1. The van der Waals surface area contributed by atoms with E-state index in [2.05, 4.69) is 9.71 Å². The van der Waals surface area contributed by atoms with Gasteiger partial charge in [0.1, 0.15) is 5.15 Å². The van der Waals surface area contributed by atoms with Crippen molar-refractivity contribution >= 4 is 33.3 Å². The summed E-state index contributed by atoms with van der Waals surface area (Å²) < 4.78 is 27.3. The lowest BCUT2D eigenvalue weighted by Gasteiger charge is -2.12. The van der Waals surface area contributed by atoms with Crippen molar-refractivity contribution in [2.75, 3.05) is 4.72 Å². The fourth-order valence-electron chi connectivity index (χ4n) is 1.88. The third-order valence-electron chi connectivity index (χ3n) is 2.96. The molecule has 0 aliphatic carbocycles. The van der Waals surface area contributed by atoms with Gasteiger partial charge in [-0.2, -0.15) is 0 Å². The predicted octanol–water partition coefficient (Wildman–Crippen LogP) is 2.80. The normalized spacial score (nSPS) is 11.2. The minimum absolute atomic E-state index is 0.0650. The Morgan fingerprint density at radius 2 is 2.05 bits per heavy atom. The van der Waals surface area contributed by atoms with E-state index < -0.39 is 16.0 Å². The molecule has 0 aliphatic heterocycles. The molecule has 0 fully saturated rings. The molecule has 2 rings (SSSR count). The van der Waals surface area contributed by atoms with E-state index in [9.17, 15) is 13.2 Å². The van der Waals surface area contributed by atoms with Crippen LogP contribution in [0.15, 0.2) is 41.4 Å². The van der Waals surface area contributed by atoms with Gasteiger partial charge in [0.05, 0.1) is 22.3 Å². The third-order valence-corrected chi connectivity index (χ3v) is 4.65. The highest BCUT2D eigenvalue weighted by Crippen LogP contribution is 2.22. The van der Waals surface area contributed by atoms with Crippen LogP contribution in [0, 0.1) is 0 Å². The summed E-state index contributed by atoms with van der Waals surface area (Å²) >= 11 is 5.65. The van der Waals surface area contributed by atoms with E-state index in [1.54, 1.807) is 6.92 Å². The second-order valence-corrected chi connectivity index (χ2v) is 6.49. The van der Waals surface area contributed by atoms with Gasteiger partial charge in [0, 0.05) is 0 Å². The number of sulfonamides is 1. The monoisotopic (exact) mass is 340 g/mol. The first kappa shape index (κ1) is 16.3. The summed E-state index contributed by atoms with van der Waals surface area (Å²) in [5, 5.41) is 9.26. The van der Waals surface area contributed by atoms with Crippen LogP contribution in [0.1, 0.15) is 22.8 Å². The van der Waals surface area contributed by atoms with E-state index in [4.69, 9.17) is 16.7 Å². The number of aromatic carboxylic acids is 1. The first-order valence-electron chi connectivity index (χ1n) is 6.34. The highest BCUT2D eigenvalue weighted by molar-refractivity contribution is 7.92. The molecule has 22 heavy (non-hydrogen) atoms. The van der Waals surface area contributed by atoms with E-state index in [0.29, 0.717) is 12.0 Å². The third kappa shape index (κ3) is 3.55. The zero-order valence-electron chi connectivity index (χ0n) is 11.6. The van der Waals surface area contributed by atoms with Crippen molar-refractivity contribution in [1.29, 1.82) is 0 Å². The molecule has 2 aromatic rings. The van der Waals surface area contributed by atoms with Gasteiger partial charge in [-0.25, -0.2) is 18.2 Å². The predicted molar refractivity (Wildman–Crippen MR) is 82.8 cm³/mol. The molecule has 1 aromatic carbocycles. The number of pyridine rings is 1. The Kier molecular flexibility index (Phi) is 4.68. The molecule has 0 spiro atoms. The summed E-state index contributed by atoms with van der Waals surface area (Å²) in [5.41, 5.74) is 0.679. The van der Waals surface area contributed by atoms with Gasteiger partial charge >= 0.3 is 5.97 Å². The molecular formula is C14H13ClN2O4S. The number of rotatable bonds is 5. The highest BCUT2D eigenvalue weighted by atomic mass is 35.5. The van der Waals surface area contributed by atoms with Gasteiger partial charge in [0.2, 0.25) is 0 Å². The smallest absolute Gasteiger partial charge is 0.335 e. The lowest BCUT2D eigenvalue weighted by Crippen LogP contribution is -2.16. The van der Waals surface area contributed by atoms with E-state index in [-0.39, 0.29) is 21.3 Å². The molecule has 0 saturated heterocycles. The summed E-state index contributed by atoms with van der Waals surface area (Å²) in [6.45, 7) is 1.79. The fraction of sp³-hybridized carbons (Fsp3) is 0.143. The number of carboxylic acids is 1. The molecule has 0 aliphatic rings. The molecule has 0 bridgehead atoms. The molecule has 0 radical (unpaired) electrons. The van der Waals surface area contributed by atoms with Crippen molar-refractivity contribution in [3.63, 3.8) is 0 Å². The summed E-state index contributed by atoms with van der Waals surface area (Å²) in [6, 6.07) is 6.95. The van der Waals surface area contributed by atoms with Crippen LogP contribution < -0.4 is 4.72 Å². The number of hydrogen-bond donors (Lipinski definition) is 2. The van der Waals surface area contributed by atoms with Crippen LogP contribution >= 0.6 is 11.6 Å². The van der Waals surface area contributed by atoms with Crippen molar-refractivity contribution < 1.29 is 18.3 Å². The van der Waals surface area contributed by atoms with Crippen LogP contribution in [-0.2, 0) is 16.4 Å². The molecular weight excluding hydrogens is 328 g/mol. The molecule has 0 saturated carbocycles. The number of nitrogens with zero attached hydrogens (tertiary/aromatic N) is 1. The zero-order chi connectivity index (χ0) is 16.3. The van der Waals surface area contributed by atoms with Crippen LogP contribution in [0.5, 0.6) is 0 Å². The number of nitrogens with one attached hydrogen (secondary N) is 1. The molecule has 0 atom stereocenters. The fourth-order valence-corrected chi connectivity index (χ4v) is 3.37. The average Bonchev–Trinajstić information content (AvgIpc) is 2.48. The van der Waals surface area contributed by atoms with Gasteiger partial charge in [0.15, 0.2) is 0 Å². The average molecular weight is 341 g/mol. The van der Waals surface area contributed by atoms with Gasteiger partial charge in [-0.05, 0) is 36.2 Å². The lowest BCUT2D eigenvalue weighted by atomic mass is 10.1. The molecule has 2 N–H and O–H groups in total. The lowest BCUT2D eigenvalue weighted by molar-refractivity contribution is 0.0696. The van der Waals surface area contributed by atoms with Crippen molar-refractivity contribution in [3.8, 4) is 0 Å². The largest absolute Gasteiger partial charge is 0.478 e. The Bertz CT molecular complexity index is 804. The maximum absolute atomic E-state index is 12.5. The highest BCUT2D eigenvalue weighted by Gasteiger charge is 2.20. The number of hydrogen-bond acceptors (Lipinski definition) is 4. The van der Waals surface area contributed by atoms with Crippen LogP contribution in [-0.4, -0.2) is 24.5 Å². The molecule has 116 valence electrons. The Labute approximate surface area is 132 Å². The molecule has 1 aromatic heterocycles. The topological polar surface area (TPSA) is 96.4 Å². The number of anilines is 1. The number of benzene rings is 1. The zero-order valence-corrected chi connectivity index (χ0v) is 13.1. The van der Waals surface area contributed by atoms with Crippen LogP contribution in [0.2, 0.25) is 5.15 Å². The number of aromatic nitrogens is 1. The Morgan fingerprint density at radius 1 is 1.32 bits per heavy atom. The quantitative estimate of drug-likeness (QED) is 0.816. The van der Waals surface area contributed by atoms with Crippen LogP contribution in [0.25, 0.3) is 0 Å². The van der Waals surface area contributed by atoms with Gasteiger partial charge in [-0.15, -0.1) is 0 Å². The summed E-state index contributed by atoms with van der Waals surface area (Å²) in [6.07, 6.45) is 1.74. The summed E-state index contributed by atoms with van der Waals surface area (Å²) in [5.74, 6) is -1.19. The Balaban J connectivity index is 2.45. The minimum Gasteiger partial charge on any atom is -0.478 e. The van der Waals surface area contributed by atoms with Crippen molar-refractivity contribution in [2.45, 2.75) is 18.2 Å². The molecule has 0 unspecified atom stereocenters. The number of carbonyl (C=O) groups is 1. The van der Waals surface area contributed by atoms with Crippen molar-refractivity contribution in [1.82, 2.24) is 4.98 Å². The Hall–Kier alpha value is -2.12. The SMILES string of the molecule is CCc1ccc(C(=O)O)cc1S(=O)(=O)Nc1ccc(Cl)nc1. The molecule has 6 nitrogen and oxygen atoms in total. The Morgan fingerprint density at radius 3 is 2.59 bits per heavy atom. The van der Waals surface area contributed by atoms with Gasteiger partial charge in [0.25, 0.3) is 10.0 Å². The second-order valence-electron chi connectivity index (χ2n) is 4.46. The van der Waals surface area contributed by atoms with E-state index in [1.165, 1.54) is 30.5 Å². The molecule has 0 amide bonds. The first-order chi connectivity index (χ1) is 10.3. The number of carboxylic acid groups (broad SMARTS) is 1. The molecule has 8 heteroatoms. The van der Waals surface area contributed by atoms with Crippen LogP contribution in [0.3, 0.4) is 0 Å². The minimum atomic E-state index is -3.92.